The number of hydrogen-bond donors (Lipinski definition) is 1. The molecule has 1 heteroatoms. The molecular formula is C29H25N. The monoisotopic (exact) mass is 387 g/mol. The average molecular weight is 388 g/mol. The molecule has 2 N–H and O–H groups in total. The summed E-state index contributed by atoms with van der Waals surface area (Å²) in [6.07, 6.45) is 2.10. The molecule has 0 unspecified atom stereocenters. The van der Waals surface area contributed by atoms with E-state index in [1.165, 1.54) is 44.5 Å². The lowest BCUT2D eigenvalue weighted by molar-refractivity contribution is 0.965. The fraction of sp³-hybridized carbons (Fsp3) is 0.103. The zero-order valence-corrected chi connectivity index (χ0v) is 17.2. The number of aryl methyl sites for hydroxylation is 3. The first kappa shape index (κ1) is 18.4. The second-order valence-electron chi connectivity index (χ2n) is 8.00. The zero-order chi connectivity index (χ0) is 20.5. The molecule has 1 nitrogen and oxygen atoms in total. The van der Waals surface area contributed by atoms with E-state index in [-0.39, 0.29) is 0 Å². The van der Waals surface area contributed by atoms with Crippen LogP contribution in [0.25, 0.3) is 11.1 Å². The molecule has 5 rings (SSSR count). The maximum Gasteiger partial charge on any atom is 0.0320 e. The summed E-state index contributed by atoms with van der Waals surface area (Å²) in [7, 11) is 0. The van der Waals surface area contributed by atoms with E-state index >= 15 is 0 Å². The summed E-state index contributed by atoms with van der Waals surface area (Å²) in [5.41, 5.74) is 18.7. The van der Waals surface area contributed by atoms with Crippen molar-refractivity contribution in [2.75, 3.05) is 5.73 Å². The highest BCUT2D eigenvalue weighted by Crippen LogP contribution is 2.42. The Bertz CT molecular complexity index is 1210. The van der Waals surface area contributed by atoms with Crippen molar-refractivity contribution in [1.82, 2.24) is 0 Å². The van der Waals surface area contributed by atoms with E-state index in [0.717, 1.165) is 24.1 Å². The third kappa shape index (κ3) is 3.23. The fourth-order valence-corrected chi connectivity index (χ4v) is 4.63. The van der Waals surface area contributed by atoms with Crippen LogP contribution >= 0.6 is 0 Å². The van der Waals surface area contributed by atoms with Crippen LogP contribution in [0.15, 0.2) is 97.1 Å². The van der Waals surface area contributed by atoms with Gasteiger partial charge in [-0.05, 0) is 82.0 Å². The molecule has 0 spiro atoms. The van der Waals surface area contributed by atoms with Gasteiger partial charge < -0.3 is 5.73 Å². The number of nitrogen functional groups attached to an aromatic ring is 1. The highest BCUT2D eigenvalue weighted by molar-refractivity contribution is 6.06. The summed E-state index contributed by atoms with van der Waals surface area (Å²) in [5.74, 6) is 0. The lowest BCUT2D eigenvalue weighted by Gasteiger charge is -2.21. The largest absolute Gasteiger partial charge is 0.399 e. The summed E-state index contributed by atoms with van der Waals surface area (Å²) >= 11 is 0. The summed E-state index contributed by atoms with van der Waals surface area (Å²) in [4.78, 5) is 0. The van der Waals surface area contributed by atoms with Gasteiger partial charge in [-0.2, -0.15) is 0 Å². The summed E-state index contributed by atoms with van der Waals surface area (Å²) in [6, 6.07) is 34.7. The van der Waals surface area contributed by atoms with Gasteiger partial charge in [-0.1, -0.05) is 84.9 Å². The minimum absolute atomic E-state index is 0.786. The van der Waals surface area contributed by atoms with E-state index in [1.807, 2.05) is 6.07 Å². The van der Waals surface area contributed by atoms with Crippen LogP contribution in [0, 0.1) is 6.92 Å². The smallest absolute Gasteiger partial charge is 0.0320 e. The first-order valence-electron chi connectivity index (χ1n) is 10.5. The van der Waals surface area contributed by atoms with Gasteiger partial charge in [0.25, 0.3) is 0 Å². The molecule has 4 aromatic carbocycles. The van der Waals surface area contributed by atoms with E-state index in [1.54, 1.807) is 0 Å². The number of hydrogen-bond acceptors (Lipinski definition) is 1. The number of nitrogens with two attached hydrogens (primary N) is 1. The molecular weight excluding hydrogens is 362 g/mol. The van der Waals surface area contributed by atoms with Crippen molar-refractivity contribution in [3.63, 3.8) is 0 Å². The third-order valence-electron chi connectivity index (χ3n) is 6.08. The van der Waals surface area contributed by atoms with Crippen molar-refractivity contribution in [3.05, 3.63) is 136 Å². The second kappa shape index (κ2) is 7.68. The van der Waals surface area contributed by atoms with Crippen LogP contribution in [0.3, 0.4) is 0 Å². The minimum Gasteiger partial charge on any atom is -0.399 e. The molecule has 0 aliphatic heterocycles. The van der Waals surface area contributed by atoms with Crippen LogP contribution in [-0.2, 0) is 12.8 Å². The Morgan fingerprint density at radius 2 is 1.27 bits per heavy atom. The number of fused-ring (bicyclic) bond motifs is 2. The molecule has 30 heavy (non-hydrogen) atoms. The standard InChI is InChI=1S/C29H25N/c1-20-9-2-5-14-25(20)28(23-12-8-13-24(30)19-23)29-26-15-6-3-10-21(26)17-18-22-11-4-7-16-27(22)29/h2-16,19H,17-18,30H2,1H3. The van der Waals surface area contributed by atoms with E-state index in [4.69, 9.17) is 5.73 Å². The van der Waals surface area contributed by atoms with Crippen molar-refractivity contribution in [1.29, 1.82) is 0 Å². The van der Waals surface area contributed by atoms with Gasteiger partial charge in [0.15, 0.2) is 0 Å². The number of rotatable bonds is 2. The topological polar surface area (TPSA) is 26.0 Å². The first-order chi connectivity index (χ1) is 14.7. The van der Waals surface area contributed by atoms with Gasteiger partial charge in [0.1, 0.15) is 0 Å². The van der Waals surface area contributed by atoms with Gasteiger partial charge in [-0.25, -0.2) is 0 Å². The molecule has 0 amide bonds. The first-order valence-corrected chi connectivity index (χ1v) is 10.5. The Morgan fingerprint density at radius 3 is 1.90 bits per heavy atom. The molecule has 1 aliphatic carbocycles. The Kier molecular flexibility index (Phi) is 4.72. The van der Waals surface area contributed by atoms with Gasteiger partial charge in [-0.3, -0.25) is 0 Å². The van der Waals surface area contributed by atoms with Crippen molar-refractivity contribution in [2.24, 2.45) is 0 Å². The van der Waals surface area contributed by atoms with Crippen LogP contribution in [-0.4, -0.2) is 0 Å². The maximum absolute atomic E-state index is 6.24. The van der Waals surface area contributed by atoms with Gasteiger partial charge >= 0.3 is 0 Å². The van der Waals surface area contributed by atoms with E-state index in [9.17, 15) is 0 Å². The second-order valence-corrected chi connectivity index (χ2v) is 8.00. The lowest BCUT2D eigenvalue weighted by Crippen LogP contribution is -2.01. The highest BCUT2D eigenvalue weighted by atomic mass is 14.5. The predicted molar refractivity (Wildman–Crippen MR) is 127 cm³/mol. The normalized spacial score (nSPS) is 12.6. The van der Waals surface area contributed by atoms with Crippen LogP contribution < -0.4 is 5.73 Å². The molecule has 1 aliphatic rings. The van der Waals surface area contributed by atoms with Crippen LogP contribution in [0.1, 0.15) is 38.9 Å². The van der Waals surface area contributed by atoms with E-state index in [0.29, 0.717) is 0 Å². The molecule has 0 bridgehead atoms. The third-order valence-corrected chi connectivity index (χ3v) is 6.08. The number of benzene rings is 4. The molecule has 0 saturated carbocycles. The molecule has 0 aromatic heterocycles. The van der Waals surface area contributed by atoms with E-state index in [2.05, 4.69) is 97.9 Å². The maximum atomic E-state index is 6.24. The Balaban J connectivity index is 1.97. The molecule has 0 radical (unpaired) electrons. The van der Waals surface area contributed by atoms with E-state index < -0.39 is 0 Å². The van der Waals surface area contributed by atoms with Crippen molar-refractivity contribution >= 4 is 16.8 Å². The summed E-state index contributed by atoms with van der Waals surface area (Å²) < 4.78 is 0. The quantitative estimate of drug-likeness (QED) is 0.381. The predicted octanol–water partition coefficient (Wildman–Crippen LogP) is 6.68. The average Bonchev–Trinajstić information content (AvgIpc) is 2.93. The molecule has 0 fully saturated rings. The van der Waals surface area contributed by atoms with Crippen molar-refractivity contribution in [2.45, 2.75) is 19.8 Å². The van der Waals surface area contributed by atoms with Crippen LogP contribution in [0.4, 0.5) is 5.69 Å². The Morgan fingerprint density at radius 1 is 0.667 bits per heavy atom. The van der Waals surface area contributed by atoms with Crippen molar-refractivity contribution < 1.29 is 0 Å². The Hall–Kier alpha value is -3.58. The van der Waals surface area contributed by atoms with Gasteiger partial charge in [-0.15, -0.1) is 0 Å². The molecule has 146 valence electrons. The molecule has 0 atom stereocenters. The number of anilines is 1. The molecule has 0 saturated heterocycles. The van der Waals surface area contributed by atoms with Gasteiger partial charge in [0.2, 0.25) is 0 Å². The summed E-state index contributed by atoms with van der Waals surface area (Å²) in [5, 5.41) is 0. The van der Waals surface area contributed by atoms with Crippen LogP contribution in [0.2, 0.25) is 0 Å². The molecule has 0 heterocycles. The molecule has 4 aromatic rings. The fourth-order valence-electron chi connectivity index (χ4n) is 4.63. The minimum atomic E-state index is 0.786. The highest BCUT2D eigenvalue weighted by Gasteiger charge is 2.23. The van der Waals surface area contributed by atoms with Crippen molar-refractivity contribution in [3.8, 4) is 0 Å². The SMILES string of the molecule is Cc1ccccc1C(=C1c2ccccc2CCc2ccccc21)c1cccc(N)c1. The summed E-state index contributed by atoms with van der Waals surface area (Å²) in [6.45, 7) is 2.19. The van der Waals surface area contributed by atoms with Gasteiger partial charge in [0.05, 0.1) is 0 Å². The van der Waals surface area contributed by atoms with Crippen LogP contribution in [0.5, 0.6) is 0 Å². The van der Waals surface area contributed by atoms with Gasteiger partial charge in [0, 0.05) is 5.69 Å². The lowest BCUT2D eigenvalue weighted by atomic mass is 9.83. The zero-order valence-electron chi connectivity index (χ0n) is 17.2. The Labute approximate surface area is 178 Å².